The van der Waals surface area contributed by atoms with Crippen LogP contribution in [0, 0.1) is 0 Å². The highest BCUT2D eigenvalue weighted by atomic mass is 31.2. The summed E-state index contributed by atoms with van der Waals surface area (Å²) < 4.78 is 0. The summed E-state index contributed by atoms with van der Waals surface area (Å²) in [5.74, 6) is 0.461. The van der Waals surface area contributed by atoms with E-state index in [4.69, 9.17) is 4.98 Å². The van der Waals surface area contributed by atoms with Crippen LogP contribution < -0.4 is 5.30 Å². The maximum Gasteiger partial charge on any atom is 0.0712 e. The number of nitrogens with zero attached hydrogens (tertiary/aromatic N) is 1. The molecule has 1 heterocycles. The Morgan fingerprint density at radius 1 is 1.05 bits per heavy atom. The Hall–Kier alpha value is -1.07. The van der Waals surface area contributed by atoms with Crippen molar-refractivity contribution in [2.75, 3.05) is 13.3 Å². The van der Waals surface area contributed by atoms with Crippen LogP contribution >= 0.6 is 6.89 Å². The first-order chi connectivity index (χ1) is 9.51. The van der Waals surface area contributed by atoms with Crippen LogP contribution in [0.1, 0.15) is 51.8 Å². The molecule has 0 spiro atoms. The van der Waals surface area contributed by atoms with Crippen LogP contribution in [0.2, 0.25) is 0 Å². The van der Waals surface area contributed by atoms with Crippen LogP contribution in [-0.4, -0.2) is 24.6 Å². The second-order valence-corrected chi connectivity index (χ2v) is 11.7. The number of pyridine rings is 1. The average Bonchev–Trinajstić information content (AvgIpc) is 2.34. The Bertz CT molecular complexity index is 714. The fourth-order valence-electron chi connectivity index (χ4n) is 2.78. The summed E-state index contributed by atoms with van der Waals surface area (Å²) >= 11 is 0. The summed E-state index contributed by atoms with van der Waals surface area (Å²) in [6.45, 7) is 14.4. The Morgan fingerprint density at radius 3 is 2.14 bits per heavy atom. The summed E-state index contributed by atoms with van der Waals surface area (Å²) in [5, 5.41) is 2.73. The van der Waals surface area contributed by atoms with Gasteiger partial charge in [0.15, 0.2) is 0 Å². The fourth-order valence-corrected chi connectivity index (χ4v) is 4.69. The Labute approximate surface area is 129 Å². The first kappa shape index (κ1) is 16.3. The zero-order valence-electron chi connectivity index (χ0n) is 14.5. The highest BCUT2D eigenvalue weighted by molar-refractivity contribution is 7.79. The molecule has 0 aliphatic rings. The van der Waals surface area contributed by atoms with Gasteiger partial charge in [-0.2, -0.15) is 0 Å². The van der Waals surface area contributed by atoms with Gasteiger partial charge in [0.25, 0.3) is 0 Å². The highest BCUT2D eigenvalue weighted by Crippen LogP contribution is 2.41. The molecule has 114 valence electrons. The van der Waals surface area contributed by atoms with Gasteiger partial charge in [0, 0.05) is 11.1 Å². The van der Waals surface area contributed by atoms with Gasteiger partial charge in [0.2, 0.25) is 0 Å². The third-order valence-corrected chi connectivity index (χ3v) is 5.56. The van der Waals surface area contributed by atoms with Gasteiger partial charge in [-0.3, -0.25) is 4.98 Å². The molecule has 1 nitrogen and oxygen atoms in total. The molecule has 0 saturated heterocycles. The smallest absolute Gasteiger partial charge is 0.0712 e. The van der Waals surface area contributed by atoms with Crippen molar-refractivity contribution in [3.63, 3.8) is 0 Å². The van der Waals surface area contributed by atoms with Crippen molar-refractivity contribution in [2.24, 2.45) is 0 Å². The molecule has 0 atom stereocenters. The van der Waals surface area contributed by atoms with Crippen molar-refractivity contribution < 1.29 is 0 Å². The Morgan fingerprint density at radius 2 is 1.67 bits per heavy atom. The monoisotopic (exact) mass is 301 g/mol. The van der Waals surface area contributed by atoms with Gasteiger partial charge in [-0.15, -0.1) is 0 Å². The molecule has 2 heteroatoms. The maximum atomic E-state index is 4.86. The first-order valence-corrected chi connectivity index (χ1v) is 10.5. The van der Waals surface area contributed by atoms with Crippen molar-refractivity contribution in [3.05, 3.63) is 35.5 Å². The number of hydrogen-bond donors (Lipinski definition) is 0. The number of hydrogen-bond acceptors (Lipinski definition) is 1. The summed E-state index contributed by atoms with van der Waals surface area (Å²) in [6, 6.07) is 8.89. The van der Waals surface area contributed by atoms with Crippen LogP contribution in [0.15, 0.2) is 24.3 Å². The van der Waals surface area contributed by atoms with E-state index in [1.807, 2.05) is 0 Å². The average molecular weight is 301 g/mol. The second-order valence-electron chi connectivity index (χ2n) is 7.85. The van der Waals surface area contributed by atoms with Crippen LogP contribution in [0.4, 0.5) is 0 Å². The van der Waals surface area contributed by atoms with Gasteiger partial charge >= 0.3 is 0 Å². The first-order valence-electron chi connectivity index (χ1n) is 7.65. The SMILES string of the molecule is C=P(C)(C)c1c(C(C)(C)C)ccc2nc(C(C)C)ccc12. The molecule has 0 radical (unpaired) electrons. The molecule has 21 heavy (non-hydrogen) atoms. The molecule has 2 rings (SSSR count). The molecule has 1 aromatic carbocycles. The topological polar surface area (TPSA) is 12.9 Å². The van der Waals surface area contributed by atoms with E-state index in [2.05, 4.69) is 78.5 Å². The van der Waals surface area contributed by atoms with Crippen LogP contribution in [0.25, 0.3) is 10.9 Å². The van der Waals surface area contributed by atoms with Crippen molar-refractivity contribution in [1.82, 2.24) is 4.98 Å². The van der Waals surface area contributed by atoms with Gasteiger partial charge in [0.1, 0.15) is 0 Å². The maximum absolute atomic E-state index is 4.86. The lowest BCUT2D eigenvalue weighted by Gasteiger charge is -2.29. The van der Waals surface area contributed by atoms with Crippen molar-refractivity contribution >= 4 is 29.4 Å². The molecule has 0 aliphatic carbocycles. The number of fused-ring (bicyclic) bond motifs is 1. The molecule has 0 fully saturated rings. The van der Waals surface area contributed by atoms with Crippen molar-refractivity contribution in [3.8, 4) is 0 Å². The van der Waals surface area contributed by atoms with Crippen LogP contribution in [-0.2, 0) is 5.41 Å². The second kappa shape index (κ2) is 5.29. The van der Waals surface area contributed by atoms with Gasteiger partial charge in [-0.05, 0) is 47.7 Å². The quantitative estimate of drug-likeness (QED) is 0.712. The third-order valence-electron chi connectivity index (χ3n) is 3.87. The van der Waals surface area contributed by atoms with E-state index in [9.17, 15) is 0 Å². The predicted octanol–water partition coefficient (Wildman–Crippen LogP) is 4.99. The van der Waals surface area contributed by atoms with Gasteiger partial charge in [-0.25, -0.2) is 0 Å². The van der Waals surface area contributed by atoms with Gasteiger partial charge in [-0.1, -0.05) is 59.9 Å². The lowest BCUT2D eigenvalue weighted by molar-refractivity contribution is 0.595. The van der Waals surface area contributed by atoms with E-state index in [0.29, 0.717) is 5.92 Å². The summed E-state index contributed by atoms with van der Waals surface area (Å²) in [5.41, 5.74) is 3.83. The molecular formula is C19H28NP. The predicted molar refractivity (Wildman–Crippen MR) is 100 cm³/mol. The largest absolute Gasteiger partial charge is 0.253 e. The molecule has 0 amide bonds. The standard InChI is InChI=1S/C19H28NP/c1-13(2)16-11-9-14-17(20-16)12-10-15(19(3,4)5)18(14)21(6,7)8/h9-13H,6H2,1-5,7-8H3. The van der Waals surface area contributed by atoms with Crippen LogP contribution in [0.5, 0.6) is 0 Å². The zero-order valence-corrected chi connectivity index (χ0v) is 15.4. The number of aromatic nitrogens is 1. The van der Waals surface area contributed by atoms with Crippen molar-refractivity contribution in [1.29, 1.82) is 0 Å². The third kappa shape index (κ3) is 3.24. The van der Waals surface area contributed by atoms with E-state index in [0.717, 1.165) is 11.2 Å². The lowest BCUT2D eigenvalue weighted by Crippen LogP contribution is -2.23. The normalized spacial score (nSPS) is 13.1. The lowest BCUT2D eigenvalue weighted by atomic mass is 9.86. The minimum absolute atomic E-state index is 0.134. The molecule has 0 unspecified atom stereocenters. The van der Waals surface area contributed by atoms with Gasteiger partial charge < -0.3 is 0 Å². The Balaban J connectivity index is 2.87. The zero-order chi connectivity index (χ0) is 16.0. The van der Waals surface area contributed by atoms with Crippen LogP contribution in [0.3, 0.4) is 0 Å². The van der Waals surface area contributed by atoms with E-state index >= 15 is 0 Å². The number of benzene rings is 1. The van der Waals surface area contributed by atoms with E-state index in [1.54, 1.807) is 0 Å². The minimum atomic E-state index is -1.38. The minimum Gasteiger partial charge on any atom is -0.253 e. The van der Waals surface area contributed by atoms with E-state index in [1.165, 1.54) is 16.3 Å². The van der Waals surface area contributed by atoms with Crippen molar-refractivity contribution in [2.45, 2.75) is 46.0 Å². The molecule has 0 N–H and O–H groups in total. The van der Waals surface area contributed by atoms with Gasteiger partial charge in [0.05, 0.1) is 5.52 Å². The summed E-state index contributed by atoms with van der Waals surface area (Å²) in [4.78, 5) is 4.86. The molecule has 1 aromatic heterocycles. The fraction of sp³-hybridized carbons (Fsp3) is 0.474. The molecule has 0 saturated carbocycles. The molecular weight excluding hydrogens is 273 g/mol. The van der Waals surface area contributed by atoms with E-state index < -0.39 is 6.89 Å². The number of rotatable bonds is 2. The molecule has 0 bridgehead atoms. The highest BCUT2D eigenvalue weighted by Gasteiger charge is 2.23. The van der Waals surface area contributed by atoms with E-state index in [-0.39, 0.29) is 5.41 Å². The Kier molecular flexibility index (Phi) is 4.10. The summed E-state index contributed by atoms with van der Waals surface area (Å²) in [7, 11) is 0. The molecule has 2 aromatic rings. The molecule has 0 aliphatic heterocycles. The summed E-state index contributed by atoms with van der Waals surface area (Å²) in [6.07, 6.45) is 4.51.